The lowest BCUT2D eigenvalue weighted by molar-refractivity contribution is -0.131. The maximum Gasteiger partial charge on any atom is 0.328 e. The Balaban J connectivity index is 1.95. The van der Waals surface area contributed by atoms with E-state index in [2.05, 4.69) is 0 Å². The molecule has 0 bridgehead atoms. The van der Waals surface area contributed by atoms with Gasteiger partial charge in [-0.25, -0.2) is 9.18 Å². The van der Waals surface area contributed by atoms with Crippen molar-refractivity contribution in [3.05, 3.63) is 41.2 Å². The SMILES string of the molecule is CN(Cc1ccc(C=CC(=O)O)cc1F)CC1CCCO1. The largest absolute Gasteiger partial charge is 0.478 e. The van der Waals surface area contributed by atoms with Gasteiger partial charge in [0.25, 0.3) is 0 Å². The Morgan fingerprint density at radius 2 is 2.38 bits per heavy atom. The fourth-order valence-electron chi connectivity index (χ4n) is 2.45. The number of carboxylic acid groups (broad SMARTS) is 1. The van der Waals surface area contributed by atoms with Crippen LogP contribution in [0.25, 0.3) is 6.08 Å². The molecule has 4 nitrogen and oxygen atoms in total. The van der Waals surface area contributed by atoms with E-state index in [1.165, 1.54) is 12.1 Å². The molecule has 21 heavy (non-hydrogen) atoms. The zero-order valence-corrected chi connectivity index (χ0v) is 12.1. The maximum atomic E-state index is 14.0. The van der Waals surface area contributed by atoms with Crippen molar-refractivity contribution in [3.8, 4) is 0 Å². The van der Waals surface area contributed by atoms with Crippen LogP contribution in [0.3, 0.4) is 0 Å². The summed E-state index contributed by atoms with van der Waals surface area (Å²) in [6.07, 6.45) is 4.78. The number of aliphatic carboxylic acids is 1. The summed E-state index contributed by atoms with van der Waals surface area (Å²) in [4.78, 5) is 12.5. The minimum absolute atomic E-state index is 0.246. The smallest absolute Gasteiger partial charge is 0.328 e. The molecular formula is C16H20FNO3. The Morgan fingerprint density at radius 3 is 3.00 bits per heavy atom. The van der Waals surface area contributed by atoms with Gasteiger partial charge in [0, 0.05) is 31.3 Å². The number of nitrogens with zero attached hydrogens (tertiary/aromatic N) is 1. The van der Waals surface area contributed by atoms with Crippen LogP contribution in [0.5, 0.6) is 0 Å². The van der Waals surface area contributed by atoms with Crippen molar-refractivity contribution < 1.29 is 19.0 Å². The highest BCUT2D eigenvalue weighted by molar-refractivity contribution is 5.85. The summed E-state index contributed by atoms with van der Waals surface area (Å²) in [5.41, 5.74) is 1.14. The predicted molar refractivity (Wildman–Crippen MR) is 78.4 cm³/mol. The van der Waals surface area contributed by atoms with Crippen molar-refractivity contribution in [2.75, 3.05) is 20.2 Å². The van der Waals surface area contributed by atoms with E-state index in [9.17, 15) is 9.18 Å². The molecule has 0 amide bonds. The first-order chi connectivity index (χ1) is 10.0. The highest BCUT2D eigenvalue weighted by atomic mass is 19.1. The Morgan fingerprint density at radius 1 is 1.57 bits per heavy atom. The molecule has 2 rings (SSSR count). The molecule has 0 saturated carbocycles. The van der Waals surface area contributed by atoms with Crippen LogP contribution in [0.15, 0.2) is 24.3 Å². The summed E-state index contributed by atoms with van der Waals surface area (Å²) in [5.74, 6) is -1.36. The zero-order valence-electron chi connectivity index (χ0n) is 12.1. The minimum Gasteiger partial charge on any atom is -0.478 e. The highest BCUT2D eigenvalue weighted by Gasteiger charge is 2.17. The average molecular weight is 293 g/mol. The molecule has 5 heteroatoms. The number of carbonyl (C=O) groups is 1. The Hall–Kier alpha value is -1.72. The first-order valence-corrected chi connectivity index (χ1v) is 7.04. The summed E-state index contributed by atoms with van der Waals surface area (Å²) in [6.45, 7) is 2.12. The number of hydrogen-bond donors (Lipinski definition) is 1. The lowest BCUT2D eigenvalue weighted by Crippen LogP contribution is -2.28. The number of rotatable bonds is 6. The van der Waals surface area contributed by atoms with Gasteiger partial charge in [-0.3, -0.25) is 4.90 Å². The lowest BCUT2D eigenvalue weighted by Gasteiger charge is -2.20. The van der Waals surface area contributed by atoms with Gasteiger partial charge in [0.15, 0.2) is 0 Å². The third-order valence-electron chi connectivity index (χ3n) is 3.48. The monoisotopic (exact) mass is 293 g/mol. The van der Waals surface area contributed by atoms with Gasteiger partial charge in [0.05, 0.1) is 6.10 Å². The highest BCUT2D eigenvalue weighted by Crippen LogP contribution is 2.16. The van der Waals surface area contributed by atoms with Crippen LogP contribution in [0, 0.1) is 5.82 Å². The summed E-state index contributed by atoms with van der Waals surface area (Å²) < 4.78 is 19.6. The van der Waals surface area contributed by atoms with E-state index in [0.717, 1.165) is 32.1 Å². The Labute approximate surface area is 123 Å². The molecule has 1 N–H and O–H groups in total. The van der Waals surface area contributed by atoms with E-state index in [1.54, 1.807) is 12.1 Å². The van der Waals surface area contributed by atoms with E-state index in [-0.39, 0.29) is 11.9 Å². The van der Waals surface area contributed by atoms with Crippen molar-refractivity contribution in [3.63, 3.8) is 0 Å². The van der Waals surface area contributed by atoms with Crippen molar-refractivity contribution in [2.24, 2.45) is 0 Å². The third-order valence-corrected chi connectivity index (χ3v) is 3.48. The summed E-state index contributed by atoms with van der Waals surface area (Å²) in [5, 5.41) is 8.55. The van der Waals surface area contributed by atoms with Crippen LogP contribution in [0.4, 0.5) is 4.39 Å². The zero-order chi connectivity index (χ0) is 15.2. The molecule has 1 heterocycles. The molecule has 0 spiro atoms. The second-order valence-corrected chi connectivity index (χ2v) is 5.35. The van der Waals surface area contributed by atoms with Crippen LogP contribution < -0.4 is 0 Å². The molecule has 0 radical (unpaired) electrons. The van der Waals surface area contributed by atoms with Crippen molar-refractivity contribution >= 4 is 12.0 Å². The molecule has 1 fully saturated rings. The van der Waals surface area contributed by atoms with Gasteiger partial charge >= 0.3 is 5.97 Å². The maximum absolute atomic E-state index is 14.0. The van der Waals surface area contributed by atoms with Gasteiger partial charge < -0.3 is 9.84 Å². The number of benzene rings is 1. The normalized spacial score (nSPS) is 18.7. The molecule has 1 aliphatic heterocycles. The second kappa shape index (κ2) is 7.33. The molecule has 1 unspecified atom stereocenters. The van der Waals surface area contributed by atoms with E-state index >= 15 is 0 Å². The van der Waals surface area contributed by atoms with Gasteiger partial charge in [0.1, 0.15) is 5.82 Å². The third kappa shape index (κ3) is 4.95. The Bertz CT molecular complexity index is 524. The molecule has 0 aliphatic carbocycles. The van der Waals surface area contributed by atoms with Crippen LogP contribution in [-0.2, 0) is 16.1 Å². The van der Waals surface area contributed by atoms with Crippen molar-refractivity contribution in [2.45, 2.75) is 25.5 Å². The van der Waals surface area contributed by atoms with Crippen LogP contribution >= 0.6 is 0 Å². The first kappa shape index (κ1) is 15.7. The van der Waals surface area contributed by atoms with E-state index < -0.39 is 5.97 Å². The van der Waals surface area contributed by atoms with Gasteiger partial charge in [-0.05, 0) is 37.6 Å². The van der Waals surface area contributed by atoms with Crippen LogP contribution in [-0.4, -0.2) is 42.3 Å². The van der Waals surface area contributed by atoms with Gasteiger partial charge in [-0.1, -0.05) is 12.1 Å². The minimum atomic E-state index is -1.05. The molecule has 1 atom stereocenters. The number of hydrogen-bond acceptors (Lipinski definition) is 3. The van der Waals surface area contributed by atoms with E-state index in [0.29, 0.717) is 17.7 Å². The summed E-state index contributed by atoms with van der Waals surface area (Å²) in [6, 6.07) is 4.77. The number of halogens is 1. The molecule has 1 aromatic rings. The molecule has 1 aromatic carbocycles. The summed E-state index contributed by atoms with van der Waals surface area (Å²) >= 11 is 0. The lowest BCUT2D eigenvalue weighted by atomic mass is 10.1. The standard InChI is InChI=1S/C16H20FNO3/c1-18(11-14-3-2-8-21-14)10-13-6-4-12(9-15(13)17)5-7-16(19)20/h4-7,9,14H,2-3,8,10-11H2,1H3,(H,19,20). The van der Waals surface area contributed by atoms with Crippen molar-refractivity contribution in [1.29, 1.82) is 0 Å². The summed E-state index contributed by atoms with van der Waals surface area (Å²) in [7, 11) is 1.94. The number of ether oxygens (including phenoxy) is 1. The fourth-order valence-corrected chi connectivity index (χ4v) is 2.45. The van der Waals surface area contributed by atoms with Crippen LogP contribution in [0.1, 0.15) is 24.0 Å². The molecule has 114 valence electrons. The molecule has 1 saturated heterocycles. The van der Waals surface area contributed by atoms with Gasteiger partial charge in [-0.15, -0.1) is 0 Å². The van der Waals surface area contributed by atoms with E-state index in [4.69, 9.17) is 9.84 Å². The van der Waals surface area contributed by atoms with Gasteiger partial charge in [0.2, 0.25) is 0 Å². The molecule has 1 aliphatic rings. The average Bonchev–Trinajstić information content (AvgIpc) is 2.92. The predicted octanol–water partition coefficient (Wildman–Crippen LogP) is 2.53. The first-order valence-electron chi connectivity index (χ1n) is 7.04. The number of likely N-dealkylation sites (N-methyl/N-ethyl adjacent to an activating group) is 1. The second-order valence-electron chi connectivity index (χ2n) is 5.35. The fraction of sp³-hybridized carbons (Fsp3) is 0.438. The Kier molecular flexibility index (Phi) is 5.47. The van der Waals surface area contributed by atoms with E-state index in [1.807, 2.05) is 11.9 Å². The van der Waals surface area contributed by atoms with Crippen molar-refractivity contribution in [1.82, 2.24) is 4.90 Å². The quantitative estimate of drug-likeness (QED) is 0.819. The molecule has 0 aromatic heterocycles. The number of carboxylic acids is 1. The van der Waals surface area contributed by atoms with Gasteiger partial charge in [-0.2, -0.15) is 0 Å². The van der Waals surface area contributed by atoms with Crippen LogP contribution in [0.2, 0.25) is 0 Å². The topological polar surface area (TPSA) is 49.8 Å². The molecular weight excluding hydrogens is 273 g/mol.